The molecule has 1 aliphatic carbocycles. The van der Waals surface area contributed by atoms with Gasteiger partial charge >= 0.3 is 5.97 Å². The minimum atomic E-state index is -0.426. The molecule has 1 aliphatic heterocycles. The number of thiophene rings is 1. The van der Waals surface area contributed by atoms with Crippen LogP contribution in [0.15, 0.2) is 11.6 Å². The van der Waals surface area contributed by atoms with Crippen molar-refractivity contribution in [2.75, 3.05) is 21.2 Å². The van der Waals surface area contributed by atoms with Gasteiger partial charge in [0.15, 0.2) is 5.11 Å². The number of likely N-dealkylation sites (N-methyl/N-ethyl adjacent to an activating group) is 2. The molecule has 0 bridgehead atoms. The Morgan fingerprint density at radius 2 is 1.75 bits per heavy atom. The molecule has 4 rings (SSSR count). The van der Waals surface area contributed by atoms with Gasteiger partial charge in [-0.1, -0.05) is 0 Å². The predicted molar refractivity (Wildman–Crippen MR) is 127 cm³/mol. The summed E-state index contributed by atoms with van der Waals surface area (Å²) in [6, 6.07) is 1.93. The maximum Gasteiger partial charge on any atom is 0.341 e. The summed E-state index contributed by atoms with van der Waals surface area (Å²) < 4.78 is 7.15. The van der Waals surface area contributed by atoms with Crippen LogP contribution in [0, 0.1) is 13.8 Å². The first-order chi connectivity index (χ1) is 15.2. The van der Waals surface area contributed by atoms with Gasteiger partial charge in [0.25, 0.3) is 11.8 Å². The van der Waals surface area contributed by atoms with Crippen LogP contribution in [0.4, 0.5) is 0 Å². The van der Waals surface area contributed by atoms with Crippen molar-refractivity contribution in [1.82, 2.24) is 14.4 Å². The van der Waals surface area contributed by atoms with E-state index in [-0.39, 0.29) is 16.7 Å². The lowest BCUT2D eigenvalue weighted by Gasteiger charge is -2.31. The van der Waals surface area contributed by atoms with E-state index in [1.807, 2.05) is 24.5 Å². The van der Waals surface area contributed by atoms with E-state index in [1.54, 1.807) is 31.5 Å². The van der Waals surface area contributed by atoms with E-state index >= 15 is 0 Å². The Kier molecular flexibility index (Phi) is 5.81. The van der Waals surface area contributed by atoms with Crippen molar-refractivity contribution >= 4 is 52.5 Å². The maximum absolute atomic E-state index is 12.7. The van der Waals surface area contributed by atoms with Gasteiger partial charge < -0.3 is 9.30 Å². The van der Waals surface area contributed by atoms with Gasteiger partial charge in [0, 0.05) is 30.4 Å². The Morgan fingerprint density at radius 1 is 1.12 bits per heavy atom. The highest BCUT2D eigenvalue weighted by molar-refractivity contribution is 7.80. The summed E-state index contributed by atoms with van der Waals surface area (Å²) >= 11 is 6.79. The molecule has 2 amide bonds. The van der Waals surface area contributed by atoms with Crippen LogP contribution in [-0.2, 0) is 27.2 Å². The topological polar surface area (TPSA) is 71.8 Å². The van der Waals surface area contributed by atoms with E-state index in [0.717, 1.165) is 53.2 Å². The number of esters is 1. The molecule has 3 heterocycles. The van der Waals surface area contributed by atoms with Crippen LogP contribution in [-0.4, -0.2) is 58.5 Å². The summed E-state index contributed by atoms with van der Waals surface area (Å²) in [6.45, 7) is 3.88. The average Bonchev–Trinajstić information content (AvgIpc) is 3.29. The molecule has 0 radical (unpaired) electrons. The van der Waals surface area contributed by atoms with Crippen molar-refractivity contribution < 1.29 is 19.1 Å². The summed E-state index contributed by atoms with van der Waals surface area (Å²) in [4.78, 5) is 42.0. The van der Waals surface area contributed by atoms with Crippen molar-refractivity contribution in [2.24, 2.45) is 0 Å². The minimum absolute atomic E-state index is 0.0579. The number of amides is 2. The van der Waals surface area contributed by atoms with Crippen molar-refractivity contribution in [3.8, 4) is 5.00 Å². The van der Waals surface area contributed by atoms with Gasteiger partial charge in [0.1, 0.15) is 10.6 Å². The predicted octanol–water partition coefficient (Wildman–Crippen LogP) is 3.42. The lowest BCUT2D eigenvalue weighted by atomic mass is 9.95. The van der Waals surface area contributed by atoms with Crippen molar-refractivity contribution in [2.45, 2.75) is 39.5 Å². The molecule has 0 unspecified atom stereocenters. The zero-order valence-corrected chi connectivity index (χ0v) is 20.4. The van der Waals surface area contributed by atoms with Gasteiger partial charge in [-0.2, -0.15) is 0 Å². The van der Waals surface area contributed by atoms with Gasteiger partial charge in [-0.25, -0.2) is 4.79 Å². The van der Waals surface area contributed by atoms with Gasteiger partial charge in [0.05, 0.1) is 12.7 Å². The van der Waals surface area contributed by atoms with Crippen LogP contribution in [0.5, 0.6) is 0 Å². The number of thiocarbonyl (C=S) groups is 1. The molecular formula is C23H25N3O4S2. The third-order valence-electron chi connectivity index (χ3n) is 6.16. The van der Waals surface area contributed by atoms with E-state index in [2.05, 4.69) is 0 Å². The molecule has 1 fully saturated rings. The van der Waals surface area contributed by atoms with Crippen LogP contribution in [0.1, 0.15) is 50.6 Å². The number of aromatic nitrogens is 1. The first-order valence-electron chi connectivity index (χ1n) is 10.4. The third-order valence-corrected chi connectivity index (χ3v) is 7.98. The Bertz CT molecular complexity index is 1180. The molecule has 2 aliphatic rings. The van der Waals surface area contributed by atoms with Gasteiger partial charge in [-0.15, -0.1) is 11.3 Å². The Labute approximate surface area is 196 Å². The fourth-order valence-corrected chi connectivity index (χ4v) is 6.05. The van der Waals surface area contributed by atoms with Crippen LogP contribution < -0.4 is 0 Å². The molecular weight excluding hydrogens is 446 g/mol. The molecule has 0 N–H and O–H groups in total. The quantitative estimate of drug-likeness (QED) is 0.297. The maximum atomic E-state index is 12.7. The van der Waals surface area contributed by atoms with Gasteiger partial charge in [0.2, 0.25) is 0 Å². The third kappa shape index (κ3) is 3.40. The number of fused-ring (bicyclic) bond motifs is 1. The van der Waals surface area contributed by atoms with Crippen molar-refractivity contribution in [3.05, 3.63) is 44.6 Å². The lowest BCUT2D eigenvalue weighted by Crippen LogP contribution is -2.52. The summed E-state index contributed by atoms with van der Waals surface area (Å²) in [5, 5.41) is 1.01. The monoisotopic (exact) mass is 471 g/mol. The van der Waals surface area contributed by atoms with Gasteiger partial charge in [-0.3, -0.25) is 19.4 Å². The van der Waals surface area contributed by atoms with E-state index < -0.39 is 11.8 Å². The second-order valence-corrected chi connectivity index (χ2v) is 9.56. The first kappa shape index (κ1) is 22.4. The van der Waals surface area contributed by atoms with E-state index in [1.165, 1.54) is 21.8 Å². The molecule has 168 valence electrons. The van der Waals surface area contributed by atoms with E-state index in [0.29, 0.717) is 5.56 Å². The summed E-state index contributed by atoms with van der Waals surface area (Å²) in [6.07, 6.45) is 5.61. The average molecular weight is 472 g/mol. The fourth-order valence-electron chi connectivity index (χ4n) is 4.40. The lowest BCUT2D eigenvalue weighted by molar-refractivity contribution is -0.132. The highest BCUT2D eigenvalue weighted by Crippen LogP contribution is 2.39. The SMILES string of the molecule is COC(=O)c1c(-n2c(C)cc(C=C3C(=O)N(C)C(=S)N(C)C3=O)c2C)sc2c1CCCC2. The van der Waals surface area contributed by atoms with Crippen molar-refractivity contribution in [3.63, 3.8) is 0 Å². The number of rotatable bonds is 3. The number of carbonyl (C=O) groups is 3. The molecule has 0 atom stereocenters. The highest BCUT2D eigenvalue weighted by Gasteiger charge is 2.36. The number of methoxy groups -OCH3 is 1. The Balaban J connectivity index is 1.86. The number of nitrogens with zero attached hydrogens (tertiary/aromatic N) is 3. The molecule has 32 heavy (non-hydrogen) atoms. The molecule has 0 saturated carbocycles. The highest BCUT2D eigenvalue weighted by atomic mass is 32.1. The Morgan fingerprint density at radius 3 is 2.38 bits per heavy atom. The van der Waals surface area contributed by atoms with E-state index in [9.17, 15) is 14.4 Å². The largest absolute Gasteiger partial charge is 0.465 e. The second kappa shape index (κ2) is 8.29. The zero-order valence-electron chi connectivity index (χ0n) is 18.8. The summed E-state index contributed by atoms with van der Waals surface area (Å²) in [5.74, 6) is -1.18. The minimum Gasteiger partial charge on any atom is -0.465 e. The summed E-state index contributed by atoms with van der Waals surface area (Å²) in [5.41, 5.74) is 4.27. The summed E-state index contributed by atoms with van der Waals surface area (Å²) in [7, 11) is 4.52. The molecule has 0 aromatic carbocycles. The molecule has 7 nitrogen and oxygen atoms in total. The molecule has 1 saturated heterocycles. The van der Waals surface area contributed by atoms with E-state index in [4.69, 9.17) is 17.0 Å². The normalized spacial score (nSPS) is 16.5. The molecule has 9 heteroatoms. The molecule has 2 aromatic heterocycles. The number of hydrogen-bond acceptors (Lipinski definition) is 6. The second-order valence-electron chi connectivity index (χ2n) is 8.11. The zero-order chi connectivity index (χ0) is 23.3. The Hall–Kier alpha value is -2.78. The number of ether oxygens (including phenoxy) is 1. The number of carbonyl (C=O) groups excluding carboxylic acids is 3. The van der Waals surface area contributed by atoms with Crippen molar-refractivity contribution in [1.29, 1.82) is 0 Å². The number of aryl methyl sites for hydroxylation is 2. The number of hydrogen-bond donors (Lipinski definition) is 0. The molecule has 2 aromatic rings. The van der Waals surface area contributed by atoms with Crippen LogP contribution in [0.25, 0.3) is 11.1 Å². The van der Waals surface area contributed by atoms with Crippen LogP contribution >= 0.6 is 23.6 Å². The fraction of sp³-hybridized carbons (Fsp3) is 0.391. The van der Waals surface area contributed by atoms with Gasteiger partial charge in [-0.05, 0) is 75.0 Å². The van der Waals surface area contributed by atoms with Crippen LogP contribution in [0.2, 0.25) is 0 Å². The first-order valence-corrected chi connectivity index (χ1v) is 11.6. The smallest absolute Gasteiger partial charge is 0.341 e. The standard InChI is InChI=1S/C23H25N3O4S2/c1-12-10-14(11-16-19(27)24(3)23(31)25(4)20(16)28)13(2)26(12)21-18(22(29)30-5)15-8-6-7-9-17(15)32-21/h10-11H,6-9H2,1-5H3. The van der Waals surface area contributed by atoms with Crippen LogP contribution in [0.3, 0.4) is 0 Å². The molecule has 0 spiro atoms.